The molecule has 18 heavy (non-hydrogen) atoms. The molecular formula is C13H14BrN3S. The first-order valence-electron chi connectivity index (χ1n) is 6.13. The van der Waals surface area contributed by atoms with E-state index in [-0.39, 0.29) is 0 Å². The van der Waals surface area contributed by atoms with Crippen molar-refractivity contribution in [2.75, 3.05) is 6.54 Å². The zero-order valence-electron chi connectivity index (χ0n) is 10.2. The molecule has 2 aromatic heterocycles. The van der Waals surface area contributed by atoms with Crippen LogP contribution in [0.15, 0.2) is 15.9 Å². The standard InChI is InChI=1S/C13H14BrN3S/c1-2-9-8-5-6-15-7-10(8)17-13(16-9)11-3-4-12(14)18-11/h3-4,15H,2,5-7H2,1H3. The quantitative estimate of drug-likeness (QED) is 0.922. The fraction of sp³-hybridized carbons (Fsp3) is 0.385. The first-order valence-corrected chi connectivity index (χ1v) is 7.74. The number of fused-ring (bicyclic) bond motifs is 1. The van der Waals surface area contributed by atoms with Gasteiger partial charge in [-0.05, 0) is 53.0 Å². The third kappa shape index (κ3) is 2.22. The van der Waals surface area contributed by atoms with Crippen LogP contribution in [-0.4, -0.2) is 16.5 Å². The number of nitrogens with zero attached hydrogens (tertiary/aromatic N) is 2. The molecule has 0 saturated carbocycles. The van der Waals surface area contributed by atoms with Crippen LogP contribution in [-0.2, 0) is 19.4 Å². The first-order chi connectivity index (χ1) is 8.78. The Hall–Kier alpha value is -0.780. The molecule has 0 atom stereocenters. The molecule has 3 nitrogen and oxygen atoms in total. The van der Waals surface area contributed by atoms with Gasteiger partial charge in [0.25, 0.3) is 0 Å². The highest BCUT2D eigenvalue weighted by molar-refractivity contribution is 9.11. The van der Waals surface area contributed by atoms with Gasteiger partial charge in [0.05, 0.1) is 14.4 Å². The molecule has 3 heterocycles. The molecule has 3 rings (SSSR count). The lowest BCUT2D eigenvalue weighted by Gasteiger charge is -2.19. The molecule has 0 bridgehead atoms. The van der Waals surface area contributed by atoms with Gasteiger partial charge in [0, 0.05) is 12.2 Å². The number of aryl methyl sites for hydroxylation is 1. The van der Waals surface area contributed by atoms with E-state index in [0.717, 1.165) is 40.4 Å². The van der Waals surface area contributed by atoms with Gasteiger partial charge in [-0.25, -0.2) is 9.97 Å². The average Bonchev–Trinajstić information content (AvgIpc) is 2.84. The number of hydrogen-bond donors (Lipinski definition) is 1. The van der Waals surface area contributed by atoms with E-state index in [9.17, 15) is 0 Å². The highest BCUT2D eigenvalue weighted by Crippen LogP contribution is 2.30. The third-order valence-corrected chi connectivity index (χ3v) is 4.77. The summed E-state index contributed by atoms with van der Waals surface area (Å²) in [5.41, 5.74) is 3.74. The molecule has 1 aliphatic rings. The summed E-state index contributed by atoms with van der Waals surface area (Å²) in [5, 5.41) is 3.38. The highest BCUT2D eigenvalue weighted by atomic mass is 79.9. The summed E-state index contributed by atoms with van der Waals surface area (Å²) >= 11 is 5.17. The number of rotatable bonds is 2. The Morgan fingerprint density at radius 3 is 3.00 bits per heavy atom. The van der Waals surface area contributed by atoms with E-state index < -0.39 is 0 Å². The van der Waals surface area contributed by atoms with Gasteiger partial charge >= 0.3 is 0 Å². The molecule has 0 saturated heterocycles. The van der Waals surface area contributed by atoms with E-state index in [1.54, 1.807) is 11.3 Å². The lowest BCUT2D eigenvalue weighted by molar-refractivity contribution is 0.617. The number of hydrogen-bond acceptors (Lipinski definition) is 4. The lowest BCUT2D eigenvalue weighted by Crippen LogP contribution is -2.26. The Kier molecular flexibility index (Phi) is 3.46. The zero-order valence-corrected chi connectivity index (χ0v) is 12.6. The van der Waals surface area contributed by atoms with E-state index in [0.29, 0.717) is 0 Å². The molecule has 5 heteroatoms. The van der Waals surface area contributed by atoms with Gasteiger partial charge in [-0.3, -0.25) is 0 Å². The Morgan fingerprint density at radius 2 is 2.28 bits per heavy atom. The summed E-state index contributed by atoms with van der Waals surface area (Å²) in [6.45, 7) is 4.07. The number of nitrogens with one attached hydrogen (secondary N) is 1. The van der Waals surface area contributed by atoms with Gasteiger partial charge < -0.3 is 5.32 Å². The van der Waals surface area contributed by atoms with Crippen molar-refractivity contribution in [1.82, 2.24) is 15.3 Å². The van der Waals surface area contributed by atoms with Crippen molar-refractivity contribution in [3.05, 3.63) is 32.9 Å². The maximum atomic E-state index is 4.74. The molecule has 2 aromatic rings. The molecule has 0 amide bonds. The maximum Gasteiger partial charge on any atom is 0.170 e. The van der Waals surface area contributed by atoms with Gasteiger partial charge in [-0.15, -0.1) is 11.3 Å². The third-order valence-electron chi connectivity index (χ3n) is 3.15. The first kappa shape index (κ1) is 12.3. The number of halogens is 1. The minimum Gasteiger partial charge on any atom is -0.311 e. The van der Waals surface area contributed by atoms with Crippen LogP contribution in [0.5, 0.6) is 0 Å². The molecule has 0 fully saturated rings. The van der Waals surface area contributed by atoms with Crippen LogP contribution >= 0.6 is 27.3 Å². The van der Waals surface area contributed by atoms with Crippen molar-refractivity contribution >= 4 is 27.3 Å². The predicted molar refractivity (Wildman–Crippen MR) is 77.8 cm³/mol. The number of aromatic nitrogens is 2. The minimum absolute atomic E-state index is 0.865. The Bertz CT molecular complexity index is 562. The van der Waals surface area contributed by atoms with Crippen molar-refractivity contribution in [3.63, 3.8) is 0 Å². The summed E-state index contributed by atoms with van der Waals surface area (Å²) in [4.78, 5) is 10.6. The molecular weight excluding hydrogens is 310 g/mol. The zero-order chi connectivity index (χ0) is 12.5. The van der Waals surface area contributed by atoms with E-state index in [4.69, 9.17) is 9.97 Å². The van der Waals surface area contributed by atoms with Gasteiger partial charge in [-0.2, -0.15) is 0 Å². The smallest absolute Gasteiger partial charge is 0.170 e. The summed E-state index contributed by atoms with van der Waals surface area (Å²) in [6, 6.07) is 4.12. The largest absolute Gasteiger partial charge is 0.311 e. The fourth-order valence-electron chi connectivity index (χ4n) is 2.27. The molecule has 0 aromatic carbocycles. The molecule has 0 unspecified atom stereocenters. The summed E-state index contributed by atoms with van der Waals surface area (Å²) < 4.78 is 1.12. The van der Waals surface area contributed by atoms with Crippen molar-refractivity contribution in [2.24, 2.45) is 0 Å². The van der Waals surface area contributed by atoms with Gasteiger partial charge in [0.2, 0.25) is 0 Å². The van der Waals surface area contributed by atoms with E-state index in [2.05, 4.69) is 34.2 Å². The van der Waals surface area contributed by atoms with Crippen LogP contribution in [0.3, 0.4) is 0 Å². The second kappa shape index (κ2) is 5.07. The van der Waals surface area contributed by atoms with Gasteiger partial charge in [-0.1, -0.05) is 6.92 Å². The van der Waals surface area contributed by atoms with Gasteiger partial charge in [0.1, 0.15) is 0 Å². The Morgan fingerprint density at radius 1 is 1.39 bits per heavy atom. The van der Waals surface area contributed by atoms with Crippen molar-refractivity contribution in [2.45, 2.75) is 26.3 Å². The SMILES string of the molecule is CCc1nc(-c2ccc(Br)s2)nc2c1CCNC2. The van der Waals surface area contributed by atoms with Crippen LogP contribution in [0.4, 0.5) is 0 Å². The van der Waals surface area contributed by atoms with Crippen LogP contribution in [0.2, 0.25) is 0 Å². The Balaban J connectivity index is 2.11. The number of thiophene rings is 1. The van der Waals surface area contributed by atoms with E-state index >= 15 is 0 Å². The van der Waals surface area contributed by atoms with E-state index in [1.807, 2.05) is 6.07 Å². The van der Waals surface area contributed by atoms with Crippen molar-refractivity contribution < 1.29 is 0 Å². The second-order valence-corrected chi connectivity index (χ2v) is 6.77. The summed E-state index contributed by atoms with van der Waals surface area (Å²) in [5.74, 6) is 0.866. The molecule has 0 spiro atoms. The topological polar surface area (TPSA) is 37.8 Å². The molecule has 94 valence electrons. The minimum atomic E-state index is 0.865. The van der Waals surface area contributed by atoms with E-state index in [1.165, 1.54) is 17.0 Å². The molecule has 1 N–H and O–H groups in total. The summed E-state index contributed by atoms with van der Waals surface area (Å²) in [6.07, 6.45) is 2.03. The lowest BCUT2D eigenvalue weighted by atomic mass is 10.0. The normalized spacial score (nSPS) is 14.6. The molecule has 0 aliphatic carbocycles. The average molecular weight is 324 g/mol. The van der Waals surface area contributed by atoms with Crippen LogP contribution in [0.25, 0.3) is 10.7 Å². The molecule has 1 aliphatic heterocycles. The fourth-order valence-corrected chi connectivity index (χ4v) is 3.59. The highest BCUT2D eigenvalue weighted by Gasteiger charge is 2.17. The molecule has 0 radical (unpaired) electrons. The van der Waals surface area contributed by atoms with Crippen molar-refractivity contribution in [3.8, 4) is 10.7 Å². The van der Waals surface area contributed by atoms with Crippen LogP contribution in [0, 0.1) is 0 Å². The van der Waals surface area contributed by atoms with Crippen LogP contribution < -0.4 is 5.32 Å². The van der Waals surface area contributed by atoms with Gasteiger partial charge in [0.15, 0.2) is 5.82 Å². The monoisotopic (exact) mass is 323 g/mol. The van der Waals surface area contributed by atoms with Crippen molar-refractivity contribution in [1.29, 1.82) is 0 Å². The van der Waals surface area contributed by atoms with Crippen LogP contribution in [0.1, 0.15) is 23.9 Å². The predicted octanol–water partition coefficient (Wildman–Crippen LogP) is 3.18. The Labute approximate surface area is 119 Å². The second-order valence-electron chi connectivity index (χ2n) is 4.30. The maximum absolute atomic E-state index is 4.74. The summed E-state index contributed by atoms with van der Waals surface area (Å²) in [7, 11) is 0.